The SMILES string of the molecule is Cc1cccc(N2C[C@@H](C(=O)NCc3ccccc3OC(C)C)CC2=O)c1. The summed E-state index contributed by atoms with van der Waals surface area (Å²) in [5.41, 5.74) is 2.88. The van der Waals surface area contributed by atoms with E-state index in [0.29, 0.717) is 13.1 Å². The molecular formula is C22H26N2O3. The summed E-state index contributed by atoms with van der Waals surface area (Å²) in [6.45, 7) is 6.73. The van der Waals surface area contributed by atoms with Crippen LogP contribution in [0.2, 0.25) is 0 Å². The van der Waals surface area contributed by atoms with E-state index in [0.717, 1.165) is 22.6 Å². The molecule has 3 rings (SSSR count). The highest BCUT2D eigenvalue weighted by molar-refractivity contribution is 6.00. The predicted molar refractivity (Wildman–Crippen MR) is 106 cm³/mol. The third kappa shape index (κ3) is 4.67. The average Bonchev–Trinajstić information content (AvgIpc) is 3.02. The molecule has 2 aromatic carbocycles. The van der Waals surface area contributed by atoms with Crippen LogP contribution in [0.5, 0.6) is 5.75 Å². The Bertz CT molecular complexity index is 832. The maximum Gasteiger partial charge on any atom is 0.227 e. The first-order chi connectivity index (χ1) is 12.9. The molecule has 1 atom stereocenters. The predicted octanol–water partition coefficient (Wildman–Crippen LogP) is 3.45. The molecular weight excluding hydrogens is 340 g/mol. The lowest BCUT2D eigenvalue weighted by Crippen LogP contribution is -2.32. The summed E-state index contributed by atoms with van der Waals surface area (Å²) < 4.78 is 5.79. The Balaban J connectivity index is 1.62. The Morgan fingerprint density at radius 1 is 1.22 bits per heavy atom. The van der Waals surface area contributed by atoms with Crippen LogP contribution in [-0.2, 0) is 16.1 Å². The van der Waals surface area contributed by atoms with Crippen molar-refractivity contribution in [2.45, 2.75) is 39.8 Å². The van der Waals surface area contributed by atoms with Crippen molar-refractivity contribution in [3.63, 3.8) is 0 Å². The van der Waals surface area contributed by atoms with Crippen LogP contribution < -0.4 is 15.0 Å². The van der Waals surface area contributed by atoms with E-state index in [1.165, 1.54) is 0 Å². The largest absolute Gasteiger partial charge is 0.491 e. The summed E-state index contributed by atoms with van der Waals surface area (Å²) in [7, 11) is 0. The van der Waals surface area contributed by atoms with Crippen LogP contribution in [0.1, 0.15) is 31.4 Å². The molecule has 142 valence electrons. The van der Waals surface area contributed by atoms with E-state index in [-0.39, 0.29) is 30.3 Å². The molecule has 5 heteroatoms. The van der Waals surface area contributed by atoms with Gasteiger partial charge in [0.15, 0.2) is 0 Å². The van der Waals surface area contributed by atoms with Crippen molar-refractivity contribution >= 4 is 17.5 Å². The van der Waals surface area contributed by atoms with Crippen molar-refractivity contribution in [3.05, 3.63) is 59.7 Å². The number of carbonyl (C=O) groups excluding carboxylic acids is 2. The third-order valence-corrected chi connectivity index (χ3v) is 4.60. The average molecular weight is 366 g/mol. The smallest absolute Gasteiger partial charge is 0.227 e. The number of ether oxygens (including phenoxy) is 1. The maximum absolute atomic E-state index is 12.6. The molecule has 0 bridgehead atoms. The van der Waals surface area contributed by atoms with Gasteiger partial charge in [-0.2, -0.15) is 0 Å². The van der Waals surface area contributed by atoms with Crippen molar-refractivity contribution in [1.29, 1.82) is 0 Å². The van der Waals surface area contributed by atoms with Gasteiger partial charge in [0.2, 0.25) is 11.8 Å². The van der Waals surface area contributed by atoms with E-state index in [1.807, 2.05) is 69.3 Å². The van der Waals surface area contributed by atoms with Crippen molar-refractivity contribution in [3.8, 4) is 5.75 Å². The lowest BCUT2D eigenvalue weighted by Gasteiger charge is -2.18. The van der Waals surface area contributed by atoms with Gasteiger partial charge in [0.1, 0.15) is 5.75 Å². The topological polar surface area (TPSA) is 58.6 Å². The second-order valence-electron chi connectivity index (χ2n) is 7.24. The zero-order valence-electron chi connectivity index (χ0n) is 16.1. The van der Waals surface area contributed by atoms with Gasteiger partial charge >= 0.3 is 0 Å². The van der Waals surface area contributed by atoms with Gasteiger partial charge in [0.25, 0.3) is 0 Å². The van der Waals surface area contributed by atoms with Gasteiger partial charge in [-0.3, -0.25) is 9.59 Å². The van der Waals surface area contributed by atoms with Crippen molar-refractivity contribution in [2.24, 2.45) is 5.92 Å². The fourth-order valence-electron chi connectivity index (χ4n) is 3.27. The summed E-state index contributed by atoms with van der Waals surface area (Å²) >= 11 is 0. The molecule has 0 aromatic heterocycles. The van der Waals surface area contributed by atoms with Gasteiger partial charge in [-0.25, -0.2) is 0 Å². The number of nitrogens with one attached hydrogen (secondary N) is 1. The van der Waals surface area contributed by atoms with E-state index >= 15 is 0 Å². The van der Waals surface area contributed by atoms with Crippen LogP contribution in [0.4, 0.5) is 5.69 Å². The van der Waals surface area contributed by atoms with Gasteiger partial charge in [-0.05, 0) is 44.5 Å². The van der Waals surface area contributed by atoms with E-state index in [9.17, 15) is 9.59 Å². The molecule has 0 aliphatic carbocycles. The number of amides is 2. The van der Waals surface area contributed by atoms with E-state index in [4.69, 9.17) is 4.74 Å². The minimum Gasteiger partial charge on any atom is -0.491 e. The number of benzene rings is 2. The molecule has 1 heterocycles. The Morgan fingerprint density at radius 3 is 2.74 bits per heavy atom. The summed E-state index contributed by atoms with van der Waals surface area (Å²) in [5.74, 6) is 0.329. The van der Waals surface area contributed by atoms with Gasteiger partial charge in [-0.1, -0.05) is 30.3 Å². The molecule has 0 saturated carbocycles. The fraction of sp³-hybridized carbons (Fsp3) is 0.364. The zero-order chi connectivity index (χ0) is 19.4. The molecule has 1 aliphatic heterocycles. The number of aryl methyl sites for hydroxylation is 1. The lowest BCUT2D eigenvalue weighted by molar-refractivity contribution is -0.126. The van der Waals surface area contributed by atoms with Crippen molar-refractivity contribution in [2.75, 3.05) is 11.4 Å². The number of hydrogen-bond donors (Lipinski definition) is 1. The number of rotatable bonds is 6. The summed E-state index contributed by atoms with van der Waals surface area (Å²) in [6.07, 6.45) is 0.307. The maximum atomic E-state index is 12.6. The van der Waals surface area contributed by atoms with Gasteiger partial charge in [-0.15, -0.1) is 0 Å². The molecule has 0 unspecified atom stereocenters. The van der Waals surface area contributed by atoms with E-state index in [2.05, 4.69) is 5.32 Å². The molecule has 2 amide bonds. The summed E-state index contributed by atoms with van der Waals surface area (Å²) in [4.78, 5) is 26.7. The van der Waals surface area contributed by atoms with Crippen molar-refractivity contribution < 1.29 is 14.3 Å². The second-order valence-corrected chi connectivity index (χ2v) is 7.24. The zero-order valence-corrected chi connectivity index (χ0v) is 16.1. The fourth-order valence-corrected chi connectivity index (χ4v) is 3.27. The number of carbonyl (C=O) groups is 2. The second kappa shape index (κ2) is 8.25. The molecule has 1 N–H and O–H groups in total. The van der Waals surface area contributed by atoms with Crippen LogP contribution in [0.3, 0.4) is 0 Å². The lowest BCUT2D eigenvalue weighted by atomic mass is 10.1. The first-order valence-electron chi connectivity index (χ1n) is 9.33. The van der Waals surface area contributed by atoms with Crippen LogP contribution in [0, 0.1) is 12.8 Å². The molecule has 5 nitrogen and oxygen atoms in total. The monoisotopic (exact) mass is 366 g/mol. The molecule has 1 aliphatic rings. The van der Waals surface area contributed by atoms with Crippen molar-refractivity contribution in [1.82, 2.24) is 5.32 Å². The highest BCUT2D eigenvalue weighted by atomic mass is 16.5. The molecule has 1 fully saturated rings. The number of hydrogen-bond acceptors (Lipinski definition) is 3. The van der Waals surface area contributed by atoms with E-state index < -0.39 is 0 Å². The third-order valence-electron chi connectivity index (χ3n) is 4.60. The number of anilines is 1. The van der Waals surface area contributed by atoms with Crippen LogP contribution >= 0.6 is 0 Å². The highest BCUT2D eigenvalue weighted by Crippen LogP contribution is 2.26. The summed E-state index contributed by atoms with van der Waals surface area (Å²) in [5, 5.41) is 2.96. The Hall–Kier alpha value is -2.82. The molecule has 0 radical (unpaired) electrons. The van der Waals surface area contributed by atoms with E-state index in [1.54, 1.807) is 4.90 Å². The van der Waals surface area contributed by atoms with Crippen LogP contribution in [0.15, 0.2) is 48.5 Å². The number of nitrogens with zero attached hydrogens (tertiary/aromatic N) is 1. The first-order valence-corrected chi connectivity index (χ1v) is 9.33. The van der Waals surface area contributed by atoms with Gasteiger partial charge in [0.05, 0.1) is 12.0 Å². The Morgan fingerprint density at radius 2 is 2.00 bits per heavy atom. The Labute approximate surface area is 160 Å². The van der Waals surface area contributed by atoms with Crippen LogP contribution in [-0.4, -0.2) is 24.5 Å². The normalized spacial score (nSPS) is 16.7. The minimum absolute atomic E-state index is 0.00992. The summed E-state index contributed by atoms with van der Waals surface area (Å²) in [6, 6.07) is 15.5. The quantitative estimate of drug-likeness (QED) is 0.852. The minimum atomic E-state index is -0.337. The first kappa shape index (κ1) is 19.0. The highest BCUT2D eigenvalue weighted by Gasteiger charge is 2.35. The molecule has 2 aromatic rings. The standard InChI is InChI=1S/C22H26N2O3/c1-15(2)27-20-10-5-4-8-17(20)13-23-22(26)18-12-21(25)24(14-18)19-9-6-7-16(3)11-19/h4-11,15,18H,12-14H2,1-3H3,(H,23,26)/t18-/m0/s1. The molecule has 0 spiro atoms. The van der Waals surface area contributed by atoms with Crippen LogP contribution in [0.25, 0.3) is 0 Å². The molecule has 1 saturated heterocycles. The van der Waals surface area contributed by atoms with Gasteiger partial charge in [0, 0.05) is 30.8 Å². The Kier molecular flexibility index (Phi) is 5.79. The van der Waals surface area contributed by atoms with Gasteiger partial charge < -0.3 is 15.0 Å². The number of para-hydroxylation sites is 1. The molecule has 27 heavy (non-hydrogen) atoms.